The zero-order valence-corrected chi connectivity index (χ0v) is 10.0. The summed E-state index contributed by atoms with van der Waals surface area (Å²) in [6.45, 7) is 3.97. The molecule has 0 radical (unpaired) electrons. The molecule has 17 heavy (non-hydrogen) atoms. The molecule has 0 spiro atoms. The van der Waals surface area contributed by atoms with Gasteiger partial charge in [-0.1, -0.05) is 6.92 Å². The molecule has 0 aliphatic heterocycles. The predicted molar refractivity (Wildman–Crippen MR) is 60.0 cm³/mol. The molecule has 0 atom stereocenters. The smallest absolute Gasteiger partial charge is 0.331 e. The van der Waals surface area contributed by atoms with Gasteiger partial charge in [0.2, 0.25) is 5.91 Å². The van der Waals surface area contributed by atoms with Gasteiger partial charge < -0.3 is 14.8 Å². The van der Waals surface area contributed by atoms with E-state index in [-0.39, 0.29) is 25.7 Å². The van der Waals surface area contributed by atoms with E-state index in [1.54, 1.807) is 13.8 Å². The van der Waals surface area contributed by atoms with Gasteiger partial charge in [0.25, 0.3) is 0 Å². The second-order valence-electron chi connectivity index (χ2n) is 2.96. The minimum atomic E-state index is -0.649. The highest BCUT2D eigenvalue weighted by atomic mass is 16.5. The van der Waals surface area contributed by atoms with E-state index in [1.807, 2.05) is 0 Å². The van der Waals surface area contributed by atoms with E-state index in [4.69, 9.17) is 4.74 Å². The molecule has 1 amide bonds. The zero-order valence-electron chi connectivity index (χ0n) is 10.0. The van der Waals surface area contributed by atoms with E-state index >= 15 is 0 Å². The van der Waals surface area contributed by atoms with Gasteiger partial charge >= 0.3 is 11.9 Å². The summed E-state index contributed by atoms with van der Waals surface area (Å²) in [5.41, 5.74) is 0. The number of amides is 1. The first kappa shape index (κ1) is 15.2. The van der Waals surface area contributed by atoms with Crippen LogP contribution in [0.25, 0.3) is 0 Å². The van der Waals surface area contributed by atoms with E-state index in [0.717, 1.165) is 12.2 Å². The molecule has 0 aromatic heterocycles. The molecule has 0 aromatic rings. The van der Waals surface area contributed by atoms with Gasteiger partial charge in [0.05, 0.1) is 13.2 Å². The average molecular weight is 243 g/mol. The minimum absolute atomic E-state index is 0.0672. The molecule has 0 saturated carbocycles. The van der Waals surface area contributed by atoms with Crippen LogP contribution in [0.3, 0.4) is 0 Å². The van der Waals surface area contributed by atoms with E-state index in [2.05, 4.69) is 10.1 Å². The lowest BCUT2D eigenvalue weighted by Crippen LogP contribution is -2.26. The Kier molecular flexibility index (Phi) is 8.36. The maximum Gasteiger partial charge on any atom is 0.331 e. The summed E-state index contributed by atoms with van der Waals surface area (Å²) < 4.78 is 9.29. The van der Waals surface area contributed by atoms with Crippen molar-refractivity contribution in [2.75, 3.05) is 19.8 Å². The van der Waals surface area contributed by atoms with Crippen LogP contribution in [0.4, 0.5) is 0 Å². The van der Waals surface area contributed by atoms with Gasteiger partial charge in [0, 0.05) is 18.6 Å². The van der Waals surface area contributed by atoms with Gasteiger partial charge in [-0.3, -0.25) is 4.79 Å². The van der Waals surface area contributed by atoms with E-state index in [9.17, 15) is 14.4 Å². The van der Waals surface area contributed by atoms with Crippen LogP contribution in [0.2, 0.25) is 0 Å². The van der Waals surface area contributed by atoms with Gasteiger partial charge in [-0.25, -0.2) is 9.59 Å². The summed E-state index contributed by atoms with van der Waals surface area (Å²) in [5, 5.41) is 2.54. The molecule has 0 rings (SSSR count). The SMILES string of the molecule is CCOC(=O)/C=C/C(=O)OCCNC(=O)CC. The monoisotopic (exact) mass is 243 g/mol. The second kappa shape index (κ2) is 9.38. The lowest BCUT2D eigenvalue weighted by Gasteiger charge is -2.03. The van der Waals surface area contributed by atoms with Crippen LogP contribution in [-0.2, 0) is 23.9 Å². The van der Waals surface area contributed by atoms with Crippen molar-refractivity contribution < 1.29 is 23.9 Å². The van der Waals surface area contributed by atoms with Gasteiger partial charge in [-0.05, 0) is 6.92 Å². The van der Waals surface area contributed by atoms with Crippen LogP contribution in [0.1, 0.15) is 20.3 Å². The summed E-state index contributed by atoms with van der Waals surface area (Å²) in [5.74, 6) is -1.35. The van der Waals surface area contributed by atoms with Crippen LogP contribution in [0.15, 0.2) is 12.2 Å². The lowest BCUT2D eigenvalue weighted by molar-refractivity contribution is -0.140. The van der Waals surface area contributed by atoms with Crippen LogP contribution < -0.4 is 5.32 Å². The molecule has 6 heteroatoms. The van der Waals surface area contributed by atoms with Crippen LogP contribution in [0.5, 0.6) is 0 Å². The largest absolute Gasteiger partial charge is 0.463 e. The molecule has 0 aromatic carbocycles. The Hall–Kier alpha value is -1.85. The summed E-state index contributed by atoms with van der Waals surface area (Å²) in [7, 11) is 0. The Morgan fingerprint density at radius 2 is 1.65 bits per heavy atom. The maximum absolute atomic E-state index is 11.0. The highest BCUT2D eigenvalue weighted by molar-refractivity contribution is 5.91. The Balaban J connectivity index is 3.66. The Labute approximate surface area is 100.0 Å². The van der Waals surface area contributed by atoms with Crippen molar-refractivity contribution in [2.45, 2.75) is 20.3 Å². The first-order chi connectivity index (χ1) is 8.10. The van der Waals surface area contributed by atoms with Crippen molar-refractivity contribution in [3.8, 4) is 0 Å². The summed E-state index contributed by atoms with van der Waals surface area (Å²) in [6.07, 6.45) is 2.37. The normalized spacial score (nSPS) is 10.0. The first-order valence-corrected chi connectivity index (χ1v) is 5.38. The zero-order chi connectivity index (χ0) is 13.1. The lowest BCUT2D eigenvalue weighted by atomic mass is 10.4. The van der Waals surface area contributed by atoms with Gasteiger partial charge in [0.15, 0.2) is 0 Å². The Bertz CT molecular complexity index is 298. The fourth-order valence-corrected chi connectivity index (χ4v) is 0.842. The molecule has 0 heterocycles. The van der Waals surface area contributed by atoms with Crippen LogP contribution in [0, 0.1) is 0 Å². The number of esters is 2. The van der Waals surface area contributed by atoms with Crippen LogP contribution in [-0.4, -0.2) is 37.6 Å². The number of ether oxygens (including phenoxy) is 2. The Morgan fingerprint density at radius 1 is 1.06 bits per heavy atom. The topological polar surface area (TPSA) is 81.7 Å². The van der Waals surface area contributed by atoms with E-state index in [1.165, 1.54) is 0 Å². The third-order valence-electron chi connectivity index (χ3n) is 1.63. The van der Waals surface area contributed by atoms with E-state index in [0.29, 0.717) is 6.42 Å². The fourth-order valence-electron chi connectivity index (χ4n) is 0.842. The number of nitrogens with one attached hydrogen (secondary N) is 1. The molecular weight excluding hydrogens is 226 g/mol. The predicted octanol–water partition coefficient (Wildman–Crippen LogP) is 0.175. The summed E-state index contributed by atoms with van der Waals surface area (Å²) in [6, 6.07) is 0. The maximum atomic E-state index is 11.0. The van der Waals surface area contributed by atoms with Crippen molar-refractivity contribution in [3.63, 3.8) is 0 Å². The van der Waals surface area contributed by atoms with E-state index < -0.39 is 11.9 Å². The number of carbonyl (C=O) groups excluding carboxylic acids is 3. The van der Waals surface area contributed by atoms with Crippen molar-refractivity contribution in [2.24, 2.45) is 0 Å². The number of carbonyl (C=O) groups is 3. The highest BCUT2D eigenvalue weighted by Gasteiger charge is 2.00. The molecular formula is C11H17NO5. The molecule has 0 unspecified atom stereocenters. The molecule has 0 aliphatic rings. The number of rotatable bonds is 7. The summed E-state index contributed by atoms with van der Waals surface area (Å²) >= 11 is 0. The van der Waals surface area contributed by atoms with Gasteiger partial charge in [-0.2, -0.15) is 0 Å². The number of hydrogen-bond acceptors (Lipinski definition) is 5. The molecule has 1 N–H and O–H groups in total. The summed E-state index contributed by atoms with van der Waals surface area (Å²) in [4.78, 5) is 32.7. The average Bonchev–Trinajstić information content (AvgIpc) is 2.32. The third kappa shape index (κ3) is 9.10. The number of hydrogen-bond donors (Lipinski definition) is 1. The van der Waals surface area contributed by atoms with Gasteiger partial charge in [0.1, 0.15) is 6.61 Å². The first-order valence-electron chi connectivity index (χ1n) is 5.38. The molecule has 6 nitrogen and oxygen atoms in total. The highest BCUT2D eigenvalue weighted by Crippen LogP contribution is 1.85. The molecule has 0 bridgehead atoms. The third-order valence-corrected chi connectivity index (χ3v) is 1.63. The van der Waals surface area contributed by atoms with Crippen molar-refractivity contribution in [1.82, 2.24) is 5.32 Å². The molecule has 0 fully saturated rings. The second-order valence-corrected chi connectivity index (χ2v) is 2.96. The fraction of sp³-hybridized carbons (Fsp3) is 0.545. The molecule has 0 aliphatic carbocycles. The molecule has 96 valence electrons. The standard InChI is InChI=1S/C11H17NO5/c1-3-9(13)12-7-8-17-11(15)6-5-10(14)16-4-2/h5-6H,3-4,7-8H2,1-2H3,(H,12,13)/b6-5+. The minimum Gasteiger partial charge on any atom is -0.463 e. The molecule has 0 saturated heterocycles. The van der Waals surface area contributed by atoms with Crippen molar-refractivity contribution >= 4 is 17.8 Å². The van der Waals surface area contributed by atoms with Gasteiger partial charge in [-0.15, -0.1) is 0 Å². The quantitative estimate of drug-likeness (QED) is 0.392. The van der Waals surface area contributed by atoms with Crippen molar-refractivity contribution in [1.29, 1.82) is 0 Å². The van der Waals surface area contributed by atoms with Crippen molar-refractivity contribution in [3.05, 3.63) is 12.2 Å². The Morgan fingerprint density at radius 3 is 2.18 bits per heavy atom. The van der Waals surface area contributed by atoms with Crippen LogP contribution >= 0.6 is 0 Å².